The molecule has 7 nitrogen and oxygen atoms in total. The van der Waals surface area contributed by atoms with Crippen LogP contribution in [0.15, 0.2) is 0 Å². The molecule has 0 aromatic rings. The maximum absolute atomic E-state index is 12.3. The Balaban J connectivity index is 0.00000243. The molecule has 3 unspecified atom stereocenters. The average Bonchev–Trinajstić information content (AvgIpc) is 3.06. The van der Waals surface area contributed by atoms with Crippen molar-refractivity contribution >= 4 is 30.1 Å². The number of nitrogens with one attached hydrogen (secondary N) is 2. The summed E-state index contributed by atoms with van der Waals surface area (Å²) in [7, 11) is 0. The first kappa shape index (κ1) is 21.0. The Hall–Kier alpha value is -1.34. The fourth-order valence-electron chi connectivity index (χ4n) is 4.37. The van der Waals surface area contributed by atoms with Crippen molar-refractivity contribution in [3.05, 3.63) is 0 Å². The van der Waals surface area contributed by atoms with Gasteiger partial charge in [0.25, 0.3) is 0 Å². The summed E-state index contributed by atoms with van der Waals surface area (Å²) in [6.07, 6.45) is 6.20. The number of rotatable bonds is 4. The second kappa shape index (κ2) is 9.55. The number of halogens is 1. The molecule has 8 heteroatoms. The van der Waals surface area contributed by atoms with Gasteiger partial charge >= 0.3 is 0 Å². The molecule has 3 fully saturated rings. The molecule has 0 aromatic carbocycles. The van der Waals surface area contributed by atoms with Crippen LogP contribution in [0.3, 0.4) is 0 Å². The fourth-order valence-corrected chi connectivity index (χ4v) is 4.37. The van der Waals surface area contributed by atoms with Crippen LogP contribution in [0, 0.1) is 5.92 Å². The van der Waals surface area contributed by atoms with E-state index < -0.39 is 0 Å². The lowest BCUT2D eigenvalue weighted by Gasteiger charge is -2.34. The van der Waals surface area contributed by atoms with E-state index in [0.717, 1.165) is 6.42 Å². The average molecular weight is 387 g/mol. The van der Waals surface area contributed by atoms with Crippen LogP contribution in [0.4, 0.5) is 0 Å². The van der Waals surface area contributed by atoms with E-state index in [1.54, 1.807) is 16.7 Å². The van der Waals surface area contributed by atoms with Gasteiger partial charge in [-0.3, -0.25) is 14.4 Å². The van der Waals surface area contributed by atoms with Crippen LogP contribution >= 0.6 is 12.4 Å². The van der Waals surface area contributed by atoms with E-state index in [0.29, 0.717) is 51.1 Å². The summed E-state index contributed by atoms with van der Waals surface area (Å²) in [5, 5.41) is 6.38. The summed E-state index contributed by atoms with van der Waals surface area (Å²) in [6.45, 7) is 4.31. The fraction of sp³-hybridized carbons (Fsp3) is 0.833. The molecule has 0 bridgehead atoms. The maximum atomic E-state index is 12.3. The molecule has 2 heterocycles. The van der Waals surface area contributed by atoms with Crippen molar-refractivity contribution in [3.63, 3.8) is 0 Å². The second-order valence-corrected chi connectivity index (χ2v) is 7.53. The Labute approximate surface area is 161 Å². The molecular formula is C18H31ClN4O3. The van der Waals surface area contributed by atoms with Crippen LogP contribution in [-0.2, 0) is 14.4 Å². The lowest BCUT2D eigenvalue weighted by molar-refractivity contribution is -0.138. The minimum atomic E-state index is -0.0951. The summed E-state index contributed by atoms with van der Waals surface area (Å²) >= 11 is 0. The van der Waals surface area contributed by atoms with Crippen LogP contribution in [0.5, 0.6) is 0 Å². The van der Waals surface area contributed by atoms with Gasteiger partial charge in [-0.1, -0.05) is 12.8 Å². The third-order valence-corrected chi connectivity index (χ3v) is 5.90. The molecule has 0 aromatic heterocycles. The van der Waals surface area contributed by atoms with Crippen molar-refractivity contribution in [2.24, 2.45) is 5.92 Å². The minimum absolute atomic E-state index is 0. The Morgan fingerprint density at radius 3 is 2.35 bits per heavy atom. The zero-order chi connectivity index (χ0) is 17.8. The minimum Gasteiger partial charge on any atom is -0.354 e. The molecule has 2 saturated heterocycles. The van der Waals surface area contributed by atoms with Crippen molar-refractivity contribution < 1.29 is 14.4 Å². The number of fused-ring (bicyclic) bond motifs is 1. The van der Waals surface area contributed by atoms with Gasteiger partial charge in [0.05, 0.1) is 6.04 Å². The van der Waals surface area contributed by atoms with Gasteiger partial charge in [-0.25, -0.2) is 0 Å². The summed E-state index contributed by atoms with van der Waals surface area (Å²) in [5.74, 6) is 0.785. The molecule has 3 atom stereocenters. The van der Waals surface area contributed by atoms with Crippen molar-refractivity contribution in [2.45, 2.75) is 57.5 Å². The quantitative estimate of drug-likeness (QED) is 0.738. The normalized spacial score (nSPS) is 28.1. The van der Waals surface area contributed by atoms with Crippen LogP contribution in [0.25, 0.3) is 0 Å². The van der Waals surface area contributed by atoms with Gasteiger partial charge in [-0.05, 0) is 25.2 Å². The lowest BCUT2D eigenvalue weighted by atomic mass is 9.85. The van der Waals surface area contributed by atoms with E-state index in [1.165, 1.54) is 25.7 Å². The summed E-state index contributed by atoms with van der Waals surface area (Å²) < 4.78 is 0. The van der Waals surface area contributed by atoms with E-state index in [1.807, 2.05) is 0 Å². The predicted molar refractivity (Wildman–Crippen MR) is 101 cm³/mol. The van der Waals surface area contributed by atoms with Crippen LogP contribution in [0.1, 0.15) is 45.4 Å². The van der Waals surface area contributed by atoms with Gasteiger partial charge in [0, 0.05) is 52.1 Å². The Bertz CT molecular complexity index is 509. The van der Waals surface area contributed by atoms with E-state index in [4.69, 9.17) is 0 Å². The molecular weight excluding hydrogens is 356 g/mol. The van der Waals surface area contributed by atoms with E-state index >= 15 is 0 Å². The Kier molecular flexibility index (Phi) is 7.70. The number of hydrogen-bond donors (Lipinski definition) is 2. The molecule has 0 spiro atoms. The molecule has 1 aliphatic carbocycles. The number of carbonyl (C=O) groups is 3. The first-order chi connectivity index (χ1) is 12.0. The first-order valence-corrected chi connectivity index (χ1v) is 9.61. The zero-order valence-electron chi connectivity index (χ0n) is 15.5. The molecule has 1 saturated carbocycles. The molecule has 2 N–H and O–H groups in total. The van der Waals surface area contributed by atoms with Crippen LogP contribution < -0.4 is 10.6 Å². The Morgan fingerprint density at radius 1 is 1.04 bits per heavy atom. The highest BCUT2D eigenvalue weighted by Crippen LogP contribution is 2.33. The van der Waals surface area contributed by atoms with Gasteiger partial charge < -0.3 is 20.4 Å². The van der Waals surface area contributed by atoms with Gasteiger partial charge in [-0.15, -0.1) is 12.4 Å². The standard InChI is InChI=1S/C18H30N4O3.ClH/c1-13(23)21-8-10-22(11-9-21)17(24)6-7-19-18(25)16-12-14-4-2-3-5-15(14)20-16;/h14-16,20H,2-12H2,1H3,(H,19,25);1H. The molecule has 3 rings (SSSR count). The third kappa shape index (κ3) is 5.10. The van der Waals surface area contributed by atoms with Crippen LogP contribution in [0.2, 0.25) is 0 Å². The Morgan fingerprint density at radius 2 is 1.69 bits per heavy atom. The van der Waals surface area contributed by atoms with Gasteiger partial charge in [0.2, 0.25) is 17.7 Å². The van der Waals surface area contributed by atoms with Gasteiger partial charge in [-0.2, -0.15) is 0 Å². The third-order valence-electron chi connectivity index (χ3n) is 5.90. The highest BCUT2D eigenvalue weighted by atomic mass is 35.5. The lowest BCUT2D eigenvalue weighted by Crippen LogP contribution is -2.50. The first-order valence-electron chi connectivity index (χ1n) is 9.61. The highest BCUT2D eigenvalue weighted by Gasteiger charge is 2.38. The number of nitrogens with zero attached hydrogens (tertiary/aromatic N) is 2. The van der Waals surface area contributed by atoms with E-state index in [9.17, 15) is 14.4 Å². The molecule has 2 aliphatic heterocycles. The van der Waals surface area contributed by atoms with Crippen molar-refractivity contribution in [1.29, 1.82) is 0 Å². The number of hydrogen-bond acceptors (Lipinski definition) is 4. The summed E-state index contributed by atoms with van der Waals surface area (Å²) in [4.78, 5) is 39.4. The monoisotopic (exact) mass is 386 g/mol. The smallest absolute Gasteiger partial charge is 0.237 e. The second-order valence-electron chi connectivity index (χ2n) is 7.53. The predicted octanol–water partition coefficient (Wildman–Crippen LogP) is 0.526. The maximum Gasteiger partial charge on any atom is 0.237 e. The van der Waals surface area contributed by atoms with Gasteiger partial charge in [0.15, 0.2) is 0 Å². The number of carbonyl (C=O) groups excluding carboxylic acids is 3. The zero-order valence-corrected chi connectivity index (χ0v) is 16.4. The van der Waals surface area contributed by atoms with Gasteiger partial charge in [0.1, 0.15) is 0 Å². The SMILES string of the molecule is CC(=O)N1CCN(C(=O)CCNC(=O)C2CC3CCCCC3N2)CC1.Cl. The topological polar surface area (TPSA) is 81.8 Å². The largest absolute Gasteiger partial charge is 0.354 e. The van der Waals surface area contributed by atoms with Crippen molar-refractivity contribution in [2.75, 3.05) is 32.7 Å². The molecule has 26 heavy (non-hydrogen) atoms. The number of amides is 3. The van der Waals surface area contributed by atoms with Crippen LogP contribution in [-0.4, -0.2) is 72.3 Å². The van der Waals surface area contributed by atoms with Crippen molar-refractivity contribution in [3.8, 4) is 0 Å². The highest BCUT2D eigenvalue weighted by molar-refractivity contribution is 5.85. The van der Waals surface area contributed by atoms with Crippen molar-refractivity contribution in [1.82, 2.24) is 20.4 Å². The summed E-state index contributed by atoms with van der Waals surface area (Å²) in [5.41, 5.74) is 0. The number of piperazine rings is 1. The molecule has 0 radical (unpaired) electrons. The van der Waals surface area contributed by atoms with E-state index in [-0.39, 0.29) is 36.2 Å². The summed E-state index contributed by atoms with van der Waals surface area (Å²) in [6, 6.07) is 0.408. The molecule has 3 aliphatic rings. The molecule has 148 valence electrons. The van der Waals surface area contributed by atoms with E-state index in [2.05, 4.69) is 10.6 Å². The molecule has 3 amide bonds.